The Bertz CT molecular complexity index is 811. The van der Waals surface area contributed by atoms with E-state index in [-0.39, 0.29) is 19.0 Å². The van der Waals surface area contributed by atoms with Crippen molar-refractivity contribution in [1.29, 1.82) is 5.26 Å². The number of aromatic nitrogens is 2. The Morgan fingerprint density at radius 1 is 1.24 bits per heavy atom. The van der Waals surface area contributed by atoms with Crippen molar-refractivity contribution in [1.82, 2.24) is 15.5 Å². The van der Waals surface area contributed by atoms with Gasteiger partial charge in [-0.05, 0) is 38.5 Å². The molecule has 2 rings (SSSR count). The summed E-state index contributed by atoms with van der Waals surface area (Å²) in [6, 6.07) is 10.8. The Morgan fingerprint density at radius 3 is 2.62 bits per heavy atom. The molecule has 1 aromatic heterocycles. The number of halogens is 1. The van der Waals surface area contributed by atoms with Crippen molar-refractivity contribution in [2.75, 3.05) is 25.2 Å². The lowest BCUT2D eigenvalue weighted by molar-refractivity contribution is 0.0921. The Hall–Kier alpha value is -2.64. The number of nitrogens with zero attached hydrogens (tertiary/aromatic N) is 3. The number of hydrogen-bond donors (Lipinski definition) is 4. The van der Waals surface area contributed by atoms with Gasteiger partial charge in [0.2, 0.25) is 5.88 Å². The molecule has 0 radical (unpaired) electrons. The van der Waals surface area contributed by atoms with Gasteiger partial charge in [0.15, 0.2) is 5.82 Å². The van der Waals surface area contributed by atoms with Gasteiger partial charge in [-0.25, -0.2) is 5.84 Å². The molecule has 0 saturated heterocycles. The number of hydrogen-bond acceptors (Lipinski definition) is 9. The molecule has 2 aromatic rings. The minimum absolute atomic E-state index is 0. The van der Waals surface area contributed by atoms with E-state index in [0.29, 0.717) is 36.2 Å². The molecule has 1 heterocycles. The van der Waals surface area contributed by atoms with Crippen LogP contribution in [0.3, 0.4) is 0 Å². The number of nitrogens with two attached hydrogens (primary N) is 1. The predicted molar refractivity (Wildman–Crippen MR) is 112 cm³/mol. The van der Waals surface area contributed by atoms with Crippen molar-refractivity contribution in [2.24, 2.45) is 5.84 Å². The highest BCUT2D eigenvalue weighted by Crippen LogP contribution is 2.21. The second-order valence-electron chi connectivity index (χ2n) is 6.98. The lowest BCUT2D eigenvalue weighted by Crippen LogP contribution is -2.48. The number of β-amino-alcohol motifs (C(OH)–C–C–N with tert-alkyl or cyclic N) is 1. The zero-order valence-electron chi connectivity index (χ0n) is 16.7. The van der Waals surface area contributed by atoms with Crippen molar-refractivity contribution in [3.63, 3.8) is 0 Å². The fourth-order valence-corrected chi connectivity index (χ4v) is 2.32. The summed E-state index contributed by atoms with van der Waals surface area (Å²) >= 11 is 0. The molecule has 0 aliphatic rings. The van der Waals surface area contributed by atoms with Crippen LogP contribution in [0.25, 0.3) is 0 Å². The third-order valence-electron chi connectivity index (χ3n) is 3.96. The van der Waals surface area contributed by atoms with Crippen LogP contribution in [0.1, 0.15) is 25.0 Å². The highest BCUT2D eigenvalue weighted by molar-refractivity contribution is 5.85. The molecule has 0 fully saturated rings. The van der Waals surface area contributed by atoms with E-state index < -0.39 is 11.6 Å². The van der Waals surface area contributed by atoms with Crippen LogP contribution >= 0.6 is 12.4 Å². The Kier molecular flexibility index (Phi) is 9.58. The van der Waals surface area contributed by atoms with Gasteiger partial charge in [-0.15, -0.1) is 22.6 Å². The highest BCUT2D eigenvalue weighted by atomic mass is 35.5. The SMILES string of the molecule is Cc1cccc(OCC(O)CNC(C)(C)COc2ccc(NN)nn2)c1C#N.Cl. The van der Waals surface area contributed by atoms with Gasteiger partial charge in [0.05, 0.1) is 5.56 Å². The summed E-state index contributed by atoms with van der Waals surface area (Å²) in [5.74, 6) is 6.54. The number of nitriles is 1. The molecule has 158 valence electrons. The molecule has 0 aliphatic heterocycles. The largest absolute Gasteiger partial charge is 0.489 e. The Morgan fingerprint density at radius 2 is 2.00 bits per heavy atom. The molecule has 0 amide bonds. The third kappa shape index (κ3) is 7.71. The zero-order valence-corrected chi connectivity index (χ0v) is 17.5. The first-order chi connectivity index (χ1) is 13.3. The number of hydrazine groups is 1. The summed E-state index contributed by atoms with van der Waals surface area (Å²) in [7, 11) is 0. The molecule has 1 atom stereocenters. The van der Waals surface area contributed by atoms with E-state index in [1.54, 1.807) is 18.2 Å². The summed E-state index contributed by atoms with van der Waals surface area (Å²) in [5.41, 5.74) is 3.29. The molecular formula is C19H27ClN6O3. The summed E-state index contributed by atoms with van der Waals surface area (Å²) in [6.07, 6.45) is -0.749. The smallest absolute Gasteiger partial charge is 0.233 e. The molecule has 29 heavy (non-hydrogen) atoms. The van der Waals surface area contributed by atoms with Gasteiger partial charge < -0.3 is 25.3 Å². The second-order valence-corrected chi connectivity index (χ2v) is 6.98. The van der Waals surface area contributed by atoms with Crippen molar-refractivity contribution >= 4 is 18.2 Å². The van der Waals surface area contributed by atoms with Crippen LogP contribution in [0, 0.1) is 18.3 Å². The lowest BCUT2D eigenvalue weighted by Gasteiger charge is -2.27. The zero-order chi connectivity index (χ0) is 20.6. The van der Waals surface area contributed by atoms with Crippen LogP contribution in [0.15, 0.2) is 30.3 Å². The van der Waals surface area contributed by atoms with Gasteiger partial charge in [0, 0.05) is 18.2 Å². The average molecular weight is 423 g/mol. The first-order valence-corrected chi connectivity index (χ1v) is 8.83. The molecule has 0 spiro atoms. The minimum atomic E-state index is -0.749. The van der Waals surface area contributed by atoms with Gasteiger partial charge in [0.25, 0.3) is 0 Å². The van der Waals surface area contributed by atoms with E-state index in [0.717, 1.165) is 5.56 Å². The van der Waals surface area contributed by atoms with Crippen LogP contribution < -0.4 is 26.1 Å². The molecule has 0 saturated carbocycles. The number of aliphatic hydroxyl groups excluding tert-OH is 1. The monoisotopic (exact) mass is 422 g/mol. The Labute approximate surface area is 176 Å². The van der Waals surface area contributed by atoms with Crippen LogP contribution in [0.2, 0.25) is 0 Å². The lowest BCUT2D eigenvalue weighted by atomic mass is 10.1. The van der Waals surface area contributed by atoms with Crippen LogP contribution in [0.4, 0.5) is 5.82 Å². The number of benzene rings is 1. The number of rotatable bonds is 10. The molecule has 0 bridgehead atoms. The summed E-state index contributed by atoms with van der Waals surface area (Å²) in [4.78, 5) is 0. The fourth-order valence-electron chi connectivity index (χ4n) is 2.32. The molecule has 1 aromatic carbocycles. The van der Waals surface area contributed by atoms with Crippen LogP contribution in [-0.4, -0.2) is 46.7 Å². The maximum atomic E-state index is 10.2. The molecule has 1 unspecified atom stereocenters. The fraction of sp³-hybridized carbons (Fsp3) is 0.421. The normalized spacial score (nSPS) is 11.7. The number of ether oxygens (including phenoxy) is 2. The predicted octanol–water partition coefficient (Wildman–Crippen LogP) is 1.55. The van der Waals surface area contributed by atoms with Crippen LogP contribution in [0.5, 0.6) is 11.6 Å². The summed E-state index contributed by atoms with van der Waals surface area (Å²) < 4.78 is 11.2. The maximum absolute atomic E-state index is 10.2. The average Bonchev–Trinajstić information content (AvgIpc) is 2.69. The number of aryl methyl sites for hydroxylation is 1. The Balaban J connectivity index is 0.00000420. The van der Waals surface area contributed by atoms with E-state index in [2.05, 4.69) is 27.0 Å². The molecule has 5 N–H and O–H groups in total. The third-order valence-corrected chi connectivity index (χ3v) is 3.96. The first-order valence-electron chi connectivity index (χ1n) is 8.83. The summed E-state index contributed by atoms with van der Waals surface area (Å²) in [5, 5.41) is 30.4. The topological polar surface area (TPSA) is 138 Å². The number of aliphatic hydroxyl groups is 1. The quantitative estimate of drug-likeness (QED) is 0.331. The van der Waals surface area contributed by atoms with Crippen molar-refractivity contribution in [2.45, 2.75) is 32.4 Å². The van der Waals surface area contributed by atoms with E-state index in [1.807, 2.05) is 32.9 Å². The number of nitrogen functional groups attached to an aromatic ring is 1. The van der Waals surface area contributed by atoms with Crippen molar-refractivity contribution < 1.29 is 14.6 Å². The number of anilines is 1. The van der Waals surface area contributed by atoms with Crippen molar-refractivity contribution in [3.05, 3.63) is 41.5 Å². The van der Waals surface area contributed by atoms with E-state index in [9.17, 15) is 10.4 Å². The summed E-state index contributed by atoms with van der Waals surface area (Å²) in [6.45, 7) is 6.42. The van der Waals surface area contributed by atoms with Crippen molar-refractivity contribution in [3.8, 4) is 17.7 Å². The molecule has 10 heteroatoms. The molecule has 0 aliphatic carbocycles. The van der Waals surface area contributed by atoms with Gasteiger partial charge >= 0.3 is 0 Å². The molecule has 9 nitrogen and oxygen atoms in total. The maximum Gasteiger partial charge on any atom is 0.233 e. The van der Waals surface area contributed by atoms with Gasteiger partial charge in [-0.2, -0.15) is 5.26 Å². The molecular weight excluding hydrogens is 396 g/mol. The number of nitrogens with one attached hydrogen (secondary N) is 2. The standard InChI is InChI=1S/C19H26N6O3.ClH/c1-13-5-4-6-16(15(13)9-20)27-11-14(26)10-22-19(2,3)12-28-18-8-7-17(23-21)24-25-18;/h4-8,14,22,26H,10-12,21H2,1-3H3,(H,23,24);1H. The van der Waals surface area contributed by atoms with Gasteiger partial charge in [-0.1, -0.05) is 12.1 Å². The second kappa shape index (κ2) is 11.4. The van der Waals surface area contributed by atoms with E-state index >= 15 is 0 Å². The van der Waals surface area contributed by atoms with Gasteiger partial charge in [-0.3, -0.25) is 0 Å². The highest BCUT2D eigenvalue weighted by Gasteiger charge is 2.20. The van der Waals surface area contributed by atoms with Gasteiger partial charge in [0.1, 0.15) is 31.1 Å². The van der Waals surface area contributed by atoms with E-state index in [4.69, 9.17) is 15.3 Å². The minimum Gasteiger partial charge on any atom is -0.489 e. The van der Waals surface area contributed by atoms with E-state index in [1.165, 1.54) is 0 Å². The first kappa shape index (κ1) is 24.4. The van der Waals surface area contributed by atoms with Crippen LogP contribution in [-0.2, 0) is 0 Å².